The molecule has 5 heteroatoms. The maximum Gasteiger partial charge on any atom is 0.170 e. The van der Waals surface area contributed by atoms with Gasteiger partial charge in [-0.05, 0) is 59.2 Å². The molecule has 1 fully saturated rings. The van der Waals surface area contributed by atoms with E-state index in [1.165, 1.54) is 12.8 Å². The van der Waals surface area contributed by atoms with E-state index in [1.807, 2.05) is 18.2 Å². The van der Waals surface area contributed by atoms with Gasteiger partial charge < -0.3 is 10.6 Å². The summed E-state index contributed by atoms with van der Waals surface area (Å²) in [5, 5.41) is 7.64. The Balaban J connectivity index is 1.97. The van der Waals surface area contributed by atoms with Gasteiger partial charge in [0.25, 0.3) is 0 Å². The van der Waals surface area contributed by atoms with Crippen molar-refractivity contribution in [2.45, 2.75) is 18.9 Å². The summed E-state index contributed by atoms with van der Waals surface area (Å²) in [5.74, 6) is 0. The lowest BCUT2D eigenvalue weighted by molar-refractivity contribution is 0.919. The van der Waals surface area contributed by atoms with Crippen LogP contribution in [0.5, 0.6) is 0 Å². The third-order valence-electron chi connectivity index (χ3n) is 2.09. The highest BCUT2D eigenvalue weighted by Crippen LogP contribution is 2.25. The molecule has 0 spiro atoms. The average molecular weight is 306 g/mol. The van der Waals surface area contributed by atoms with Crippen molar-refractivity contribution in [2.75, 3.05) is 5.32 Å². The van der Waals surface area contributed by atoms with Gasteiger partial charge in [0.2, 0.25) is 0 Å². The van der Waals surface area contributed by atoms with Gasteiger partial charge in [0.15, 0.2) is 5.11 Å². The van der Waals surface area contributed by atoms with Crippen LogP contribution in [0.4, 0.5) is 5.69 Å². The van der Waals surface area contributed by atoms with E-state index >= 15 is 0 Å². The van der Waals surface area contributed by atoms with E-state index < -0.39 is 0 Å². The molecule has 0 heterocycles. The molecule has 0 unspecified atom stereocenters. The zero-order chi connectivity index (χ0) is 10.8. The van der Waals surface area contributed by atoms with Crippen LogP contribution in [0.2, 0.25) is 5.02 Å². The molecule has 0 aromatic heterocycles. The van der Waals surface area contributed by atoms with E-state index in [0.29, 0.717) is 16.2 Å². The highest BCUT2D eigenvalue weighted by Gasteiger charge is 2.21. The number of hydrogen-bond donors (Lipinski definition) is 2. The Kier molecular flexibility index (Phi) is 3.49. The minimum absolute atomic E-state index is 0.566. The van der Waals surface area contributed by atoms with E-state index in [2.05, 4.69) is 26.6 Å². The van der Waals surface area contributed by atoms with E-state index in [-0.39, 0.29) is 0 Å². The number of thiocarbonyl (C=S) groups is 1. The van der Waals surface area contributed by atoms with Gasteiger partial charge in [-0.25, -0.2) is 0 Å². The van der Waals surface area contributed by atoms with Crippen molar-refractivity contribution in [3.63, 3.8) is 0 Å². The summed E-state index contributed by atoms with van der Waals surface area (Å²) in [6.07, 6.45) is 2.42. The van der Waals surface area contributed by atoms with Crippen molar-refractivity contribution < 1.29 is 0 Å². The fourth-order valence-electron chi connectivity index (χ4n) is 1.15. The van der Waals surface area contributed by atoms with Crippen molar-refractivity contribution in [3.05, 3.63) is 27.7 Å². The molecule has 0 saturated heterocycles. The molecular weight excluding hydrogens is 296 g/mol. The molecule has 1 aromatic rings. The summed E-state index contributed by atoms with van der Waals surface area (Å²) in [6, 6.07) is 6.23. The first-order valence-electron chi connectivity index (χ1n) is 4.68. The number of nitrogens with one attached hydrogen (secondary N) is 2. The van der Waals surface area contributed by atoms with E-state index in [4.69, 9.17) is 23.8 Å². The van der Waals surface area contributed by atoms with Gasteiger partial charge in [0.05, 0.1) is 5.02 Å². The maximum absolute atomic E-state index is 5.96. The summed E-state index contributed by atoms with van der Waals surface area (Å²) in [5.41, 5.74) is 0.904. The molecule has 80 valence electrons. The number of anilines is 1. The average Bonchev–Trinajstić information content (AvgIpc) is 2.95. The molecule has 0 radical (unpaired) electrons. The van der Waals surface area contributed by atoms with Gasteiger partial charge in [0.1, 0.15) is 0 Å². The third kappa shape index (κ3) is 3.33. The van der Waals surface area contributed by atoms with Crippen LogP contribution in [-0.4, -0.2) is 11.2 Å². The number of hydrogen-bond acceptors (Lipinski definition) is 1. The minimum Gasteiger partial charge on any atom is -0.360 e. The van der Waals surface area contributed by atoms with Crippen molar-refractivity contribution in [2.24, 2.45) is 0 Å². The smallest absolute Gasteiger partial charge is 0.170 e. The topological polar surface area (TPSA) is 24.1 Å². The van der Waals surface area contributed by atoms with Crippen LogP contribution in [0.25, 0.3) is 0 Å². The summed E-state index contributed by atoms with van der Waals surface area (Å²) in [7, 11) is 0. The first-order valence-corrected chi connectivity index (χ1v) is 6.25. The Morgan fingerprint density at radius 3 is 2.80 bits per heavy atom. The zero-order valence-corrected chi connectivity index (χ0v) is 11.0. The van der Waals surface area contributed by atoms with E-state index in [9.17, 15) is 0 Å². The van der Waals surface area contributed by atoms with Crippen LogP contribution in [-0.2, 0) is 0 Å². The molecule has 0 bridgehead atoms. The summed E-state index contributed by atoms with van der Waals surface area (Å²) in [4.78, 5) is 0. The maximum atomic E-state index is 5.96. The van der Waals surface area contributed by atoms with Gasteiger partial charge in [-0.3, -0.25) is 0 Å². The number of halogens is 2. The van der Waals surface area contributed by atoms with Gasteiger partial charge >= 0.3 is 0 Å². The van der Waals surface area contributed by atoms with Crippen LogP contribution in [0.3, 0.4) is 0 Å². The first kappa shape index (κ1) is 11.2. The standard InChI is InChI=1S/C10H10BrClN2S/c11-8-4-3-7(5-9(8)12)14-10(15)13-6-1-2-6/h3-6H,1-2H2,(H2,13,14,15). The first-order chi connectivity index (χ1) is 7.15. The molecule has 0 atom stereocenters. The second-order valence-electron chi connectivity index (χ2n) is 3.50. The molecule has 0 aliphatic heterocycles. The largest absolute Gasteiger partial charge is 0.360 e. The lowest BCUT2D eigenvalue weighted by atomic mass is 10.3. The van der Waals surface area contributed by atoms with Crippen molar-refractivity contribution in [1.29, 1.82) is 0 Å². The molecule has 2 nitrogen and oxygen atoms in total. The Labute approximate surface area is 108 Å². The monoisotopic (exact) mass is 304 g/mol. The Morgan fingerprint density at radius 2 is 2.20 bits per heavy atom. The fraction of sp³-hybridized carbons (Fsp3) is 0.300. The summed E-state index contributed by atoms with van der Waals surface area (Å²) < 4.78 is 0.885. The molecule has 0 amide bonds. The molecule has 1 aliphatic carbocycles. The molecular formula is C10H10BrClN2S. The molecule has 2 N–H and O–H groups in total. The molecule has 1 saturated carbocycles. The van der Waals surface area contributed by atoms with Crippen molar-refractivity contribution in [3.8, 4) is 0 Å². The van der Waals surface area contributed by atoms with E-state index in [0.717, 1.165) is 10.2 Å². The molecule has 15 heavy (non-hydrogen) atoms. The van der Waals surface area contributed by atoms with Crippen LogP contribution in [0.1, 0.15) is 12.8 Å². The normalized spacial score (nSPS) is 14.8. The second kappa shape index (κ2) is 4.68. The van der Waals surface area contributed by atoms with Gasteiger partial charge in [-0.15, -0.1) is 0 Å². The lowest BCUT2D eigenvalue weighted by Crippen LogP contribution is -2.30. The predicted octanol–water partition coefficient (Wildman–Crippen LogP) is 3.55. The Bertz CT molecular complexity index is 393. The highest BCUT2D eigenvalue weighted by molar-refractivity contribution is 9.10. The highest BCUT2D eigenvalue weighted by atomic mass is 79.9. The van der Waals surface area contributed by atoms with Crippen molar-refractivity contribution >= 4 is 50.5 Å². The number of rotatable bonds is 2. The van der Waals surface area contributed by atoms with Crippen LogP contribution in [0.15, 0.2) is 22.7 Å². The predicted molar refractivity (Wildman–Crippen MR) is 71.5 cm³/mol. The Morgan fingerprint density at radius 1 is 1.47 bits per heavy atom. The lowest BCUT2D eigenvalue weighted by Gasteiger charge is -2.10. The fourth-order valence-corrected chi connectivity index (χ4v) is 1.87. The van der Waals surface area contributed by atoms with Crippen LogP contribution in [0, 0.1) is 0 Å². The molecule has 2 rings (SSSR count). The van der Waals surface area contributed by atoms with Gasteiger partial charge in [-0.1, -0.05) is 11.6 Å². The quantitative estimate of drug-likeness (QED) is 0.817. The van der Waals surface area contributed by atoms with Crippen LogP contribution < -0.4 is 10.6 Å². The third-order valence-corrected chi connectivity index (χ3v) is 3.54. The van der Waals surface area contributed by atoms with Crippen LogP contribution >= 0.6 is 39.7 Å². The van der Waals surface area contributed by atoms with Gasteiger partial charge in [-0.2, -0.15) is 0 Å². The molecule has 1 aromatic carbocycles. The van der Waals surface area contributed by atoms with Crippen molar-refractivity contribution in [1.82, 2.24) is 5.32 Å². The zero-order valence-electron chi connectivity index (χ0n) is 7.89. The Hall–Kier alpha value is -0.320. The molecule has 1 aliphatic rings. The SMILES string of the molecule is S=C(Nc1ccc(Br)c(Cl)c1)NC1CC1. The number of benzene rings is 1. The summed E-state index contributed by atoms with van der Waals surface area (Å²) in [6.45, 7) is 0. The minimum atomic E-state index is 0.566. The van der Waals surface area contributed by atoms with E-state index in [1.54, 1.807) is 0 Å². The second-order valence-corrected chi connectivity index (χ2v) is 5.17. The summed E-state index contributed by atoms with van der Waals surface area (Å²) >= 11 is 14.5. The van der Waals surface area contributed by atoms with Gasteiger partial charge in [0, 0.05) is 16.2 Å².